The topological polar surface area (TPSA) is 42.2 Å². The number of hydrogen-bond acceptors (Lipinski definition) is 3. The van der Waals surface area contributed by atoms with E-state index in [0.29, 0.717) is 6.04 Å². The van der Waals surface area contributed by atoms with E-state index in [9.17, 15) is 0 Å². The molecule has 1 saturated carbocycles. The highest BCUT2D eigenvalue weighted by Gasteiger charge is 2.25. The molecule has 96 valence electrons. The van der Waals surface area contributed by atoms with Crippen molar-refractivity contribution in [3.8, 4) is 0 Å². The monoisotopic (exact) mass is 308 g/mol. The van der Waals surface area contributed by atoms with Crippen molar-refractivity contribution in [1.82, 2.24) is 14.6 Å². The lowest BCUT2D eigenvalue weighted by Crippen LogP contribution is -2.19. The lowest BCUT2D eigenvalue weighted by molar-refractivity contribution is 0.583. The lowest BCUT2D eigenvalue weighted by atomic mass is 10.1. The Morgan fingerprint density at radius 3 is 3.06 bits per heavy atom. The first kappa shape index (κ1) is 12.0. The molecule has 0 aliphatic heterocycles. The number of halogens is 1. The molecule has 5 heteroatoms. The molecule has 1 fully saturated rings. The highest BCUT2D eigenvalue weighted by atomic mass is 79.9. The molecule has 2 heterocycles. The smallest absolute Gasteiger partial charge is 0.243 e. The summed E-state index contributed by atoms with van der Waals surface area (Å²) in [6, 6.07) is 4.44. The molecule has 0 spiro atoms. The van der Waals surface area contributed by atoms with Crippen LogP contribution in [0, 0.1) is 5.92 Å². The van der Waals surface area contributed by atoms with Crippen LogP contribution < -0.4 is 5.32 Å². The molecule has 1 atom stereocenters. The van der Waals surface area contributed by atoms with Crippen molar-refractivity contribution in [2.45, 2.75) is 38.6 Å². The predicted octanol–water partition coefficient (Wildman–Crippen LogP) is 3.48. The molecule has 1 aliphatic rings. The summed E-state index contributed by atoms with van der Waals surface area (Å²) in [6.45, 7) is 2.21. The normalized spacial score (nSPS) is 17.0. The van der Waals surface area contributed by atoms with Gasteiger partial charge in [-0.25, -0.2) is 4.52 Å². The Morgan fingerprint density at radius 2 is 2.33 bits per heavy atom. The van der Waals surface area contributed by atoms with Crippen LogP contribution in [0.3, 0.4) is 0 Å². The third kappa shape index (κ3) is 2.66. The first-order chi connectivity index (χ1) is 8.74. The van der Waals surface area contributed by atoms with Crippen LogP contribution in [0.1, 0.15) is 32.6 Å². The minimum absolute atomic E-state index is 0.498. The molecular formula is C13H17BrN4. The van der Waals surface area contributed by atoms with Crippen molar-refractivity contribution in [1.29, 1.82) is 0 Å². The Morgan fingerprint density at radius 1 is 1.50 bits per heavy atom. The van der Waals surface area contributed by atoms with Gasteiger partial charge in [0.15, 0.2) is 5.65 Å². The standard InChI is InChI=1S/C13H17BrN4/c1-2-11(7-9-3-4-9)15-13-16-12-6-5-10(14)8-18(12)17-13/h5-6,8-9,11H,2-4,7H2,1H3,(H,15,17). The van der Waals surface area contributed by atoms with E-state index >= 15 is 0 Å². The highest BCUT2D eigenvalue weighted by Crippen LogP contribution is 2.34. The van der Waals surface area contributed by atoms with Crippen molar-refractivity contribution < 1.29 is 0 Å². The average molecular weight is 309 g/mol. The molecule has 4 nitrogen and oxygen atoms in total. The van der Waals surface area contributed by atoms with Crippen LogP contribution in [0.5, 0.6) is 0 Å². The number of aromatic nitrogens is 3. The lowest BCUT2D eigenvalue weighted by Gasteiger charge is -2.14. The number of fused-ring (bicyclic) bond motifs is 1. The van der Waals surface area contributed by atoms with Crippen molar-refractivity contribution in [2.75, 3.05) is 5.32 Å². The van der Waals surface area contributed by atoms with Crippen molar-refractivity contribution in [3.63, 3.8) is 0 Å². The maximum Gasteiger partial charge on any atom is 0.243 e. The second-order valence-electron chi connectivity index (χ2n) is 5.01. The number of rotatable bonds is 5. The van der Waals surface area contributed by atoms with E-state index in [-0.39, 0.29) is 0 Å². The van der Waals surface area contributed by atoms with E-state index in [1.807, 2.05) is 18.3 Å². The van der Waals surface area contributed by atoms with Gasteiger partial charge in [-0.15, -0.1) is 5.10 Å². The fourth-order valence-corrected chi connectivity index (χ4v) is 2.51. The fraction of sp³-hybridized carbons (Fsp3) is 0.538. The van der Waals surface area contributed by atoms with Gasteiger partial charge in [-0.05, 0) is 46.8 Å². The number of anilines is 1. The van der Waals surface area contributed by atoms with Gasteiger partial charge in [0.05, 0.1) is 0 Å². The molecule has 1 N–H and O–H groups in total. The van der Waals surface area contributed by atoms with Gasteiger partial charge >= 0.3 is 0 Å². The molecule has 0 saturated heterocycles. The Kier molecular flexibility index (Phi) is 3.24. The van der Waals surface area contributed by atoms with Gasteiger partial charge < -0.3 is 5.32 Å². The maximum atomic E-state index is 4.49. The molecule has 18 heavy (non-hydrogen) atoms. The summed E-state index contributed by atoms with van der Waals surface area (Å²) < 4.78 is 2.81. The predicted molar refractivity (Wildman–Crippen MR) is 75.7 cm³/mol. The summed E-state index contributed by atoms with van der Waals surface area (Å²) in [4.78, 5) is 4.49. The van der Waals surface area contributed by atoms with Gasteiger partial charge in [0.2, 0.25) is 5.95 Å². The zero-order chi connectivity index (χ0) is 12.5. The molecule has 0 aromatic carbocycles. The summed E-state index contributed by atoms with van der Waals surface area (Å²) in [5.41, 5.74) is 0.877. The van der Waals surface area contributed by atoms with E-state index in [1.54, 1.807) is 4.52 Å². The van der Waals surface area contributed by atoms with Crippen LogP contribution in [0.15, 0.2) is 22.8 Å². The summed E-state index contributed by atoms with van der Waals surface area (Å²) in [7, 11) is 0. The molecule has 3 rings (SSSR count). The number of hydrogen-bond donors (Lipinski definition) is 1. The van der Waals surface area contributed by atoms with Gasteiger partial charge in [0, 0.05) is 16.7 Å². The van der Waals surface area contributed by atoms with E-state index in [0.717, 1.165) is 28.4 Å². The Balaban J connectivity index is 1.76. The van der Waals surface area contributed by atoms with Crippen LogP contribution in [0.4, 0.5) is 5.95 Å². The summed E-state index contributed by atoms with van der Waals surface area (Å²) in [6.07, 6.45) is 7.08. The van der Waals surface area contributed by atoms with E-state index in [4.69, 9.17) is 0 Å². The highest BCUT2D eigenvalue weighted by molar-refractivity contribution is 9.10. The first-order valence-electron chi connectivity index (χ1n) is 6.53. The van der Waals surface area contributed by atoms with E-state index < -0.39 is 0 Å². The van der Waals surface area contributed by atoms with Crippen molar-refractivity contribution in [3.05, 3.63) is 22.8 Å². The van der Waals surface area contributed by atoms with Crippen LogP contribution >= 0.6 is 15.9 Å². The molecule has 2 aromatic heterocycles. The molecule has 1 unspecified atom stereocenters. The second-order valence-corrected chi connectivity index (χ2v) is 5.93. The van der Waals surface area contributed by atoms with Gasteiger partial charge in [0.25, 0.3) is 0 Å². The van der Waals surface area contributed by atoms with Gasteiger partial charge in [0.1, 0.15) is 0 Å². The maximum absolute atomic E-state index is 4.49. The summed E-state index contributed by atoms with van der Waals surface area (Å²) in [5, 5.41) is 7.90. The third-order valence-corrected chi connectivity index (χ3v) is 3.90. The second kappa shape index (κ2) is 4.88. The average Bonchev–Trinajstić information content (AvgIpc) is 3.07. The molecule has 1 aliphatic carbocycles. The summed E-state index contributed by atoms with van der Waals surface area (Å²) in [5.74, 6) is 1.66. The van der Waals surface area contributed by atoms with Crippen LogP contribution in [-0.4, -0.2) is 20.6 Å². The Labute approximate surface area is 115 Å². The summed E-state index contributed by atoms with van der Waals surface area (Å²) >= 11 is 3.44. The quantitative estimate of drug-likeness (QED) is 0.919. The number of nitrogens with one attached hydrogen (secondary N) is 1. The minimum Gasteiger partial charge on any atom is -0.350 e. The zero-order valence-electron chi connectivity index (χ0n) is 10.4. The molecular weight excluding hydrogens is 292 g/mol. The Hall–Kier alpha value is -1.10. The number of nitrogens with zero attached hydrogens (tertiary/aromatic N) is 3. The zero-order valence-corrected chi connectivity index (χ0v) is 12.0. The van der Waals surface area contributed by atoms with Crippen LogP contribution in [0.25, 0.3) is 5.65 Å². The largest absolute Gasteiger partial charge is 0.350 e. The van der Waals surface area contributed by atoms with Gasteiger partial charge in [-0.2, -0.15) is 4.98 Å². The van der Waals surface area contributed by atoms with Crippen LogP contribution in [-0.2, 0) is 0 Å². The van der Waals surface area contributed by atoms with Crippen LogP contribution in [0.2, 0.25) is 0 Å². The molecule has 0 amide bonds. The van der Waals surface area contributed by atoms with Gasteiger partial charge in [-0.3, -0.25) is 0 Å². The SMILES string of the molecule is CCC(CC1CC1)Nc1nc2ccc(Br)cn2n1. The van der Waals surface area contributed by atoms with E-state index in [1.165, 1.54) is 19.3 Å². The molecule has 0 bridgehead atoms. The van der Waals surface area contributed by atoms with Crippen molar-refractivity contribution in [2.24, 2.45) is 5.92 Å². The third-order valence-electron chi connectivity index (χ3n) is 3.44. The fourth-order valence-electron chi connectivity index (χ4n) is 2.19. The molecule has 0 radical (unpaired) electrons. The number of pyridine rings is 1. The minimum atomic E-state index is 0.498. The van der Waals surface area contributed by atoms with Gasteiger partial charge in [-0.1, -0.05) is 19.8 Å². The molecule has 2 aromatic rings. The van der Waals surface area contributed by atoms with E-state index in [2.05, 4.69) is 38.3 Å². The van der Waals surface area contributed by atoms with Crippen molar-refractivity contribution >= 4 is 27.5 Å². The first-order valence-corrected chi connectivity index (χ1v) is 7.32. The Bertz CT molecular complexity index is 547.